The predicted octanol–water partition coefficient (Wildman–Crippen LogP) is 13.2. The lowest BCUT2D eigenvalue weighted by Gasteiger charge is -2.29. The van der Waals surface area contributed by atoms with Crippen LogP contribution in [0.25, 0.3) is 43.4 Å². The van der Waals surface area contributed by atoms with E-state index in [0.29, 0.717) is 0 Å². The minimum Gasteiger partial charge on any atom is -0.311 e. The van der Waals surface area contributed by atoms with E-state index in [-0.39, 0.29) is 0 Å². The summed E-state index contributed by atoms with van der Waals surface area (Å²) in [6, 6.07) is 69.8. The van der Waals surface area contributed by atoms with Gasteiger partial charge in [0, 0.05) is 39.2 Å². The van der Waals surface area contributed by atoms with Crippen molar-refractivity contribution in [2.24, 2.45) is 0 Å². The molecule has 0 amide bonds. The molecule has 0 fully saturated rings. The second kappa shape index (κ2) is 11.8. The molecule has 0 radical (unpaired) electrons. The van der Waals surface area contributed by atoms with Crippen molar-refractivity contribution in [3.63, 3.8) is 0 Å². The van der Waals surface area contributed by atoms with E-state index in [4.69, 9.17) is 0 Å². The van der Waals surface area contributed by atoms with Crippen molar-refractivity contribution in [2.75, 3.05) is 9.80 Å². The zero-order chi connectivity index (χ0) is 31.9. The molecule has 9 aromatic rings. The topological polar surface area (TPSA) is 6.48 Å². The molecule has 226 valence electrons. The third kappa shape index (κ3) is 4.74. The second-order valence-corrected chi connectivity index (χ2v) is 12.2. The van der Waals surface area contributed by atoms with Gasteiger partial charge in [0.05, 0.1) is 5.69 Å². The van der Waals surface area contributed by atoms with Crippen LogP contribution in [0.15, 0.2) is 194 Å². The second-order valence-electron chi connectivity index (χ2n) is 12.2. The summed E-state index contributed by atoms with van der Waals surface area (Å²) in [5.74, 6) is 0. The molecule has 0 bridgehead atoms. The largest absolute Gasteiger partial charge is 0.311 e. The van der Waals surface area contributed by atoms with Crippen molar-refractivity contribution in [3.05, 3.63) is 194 Å². The summed E-state index contributed by atoms with van der Waals surface area (Å²) < 4.78 is 0. The van der Waals surface area contributed by atoms with Gasteiger partial charge >= 0.3 is 0 Å². The van der Waals surface area contributed by atoms with Gasteiger partial charge in [0.25, 0.3) is 0 Å². The highest BCUT2D eigenvalue weighted by atomic mass is 15.1. The predicted molar refractivity (Wildman–Crippen MR) is 205 cm³/mol. The third-order valence-corrected chi connectivity index (χ3v) is 9.36. The summed E-state index contributed by atoms with van der Waals surface area (Å²) in [7, 11) is 0. The standard InChI is InChI=1S/C46H32N2/c1-5-16-36(17-6-1)47(37-18-7-2-8-19-37)40-28-24-33(25-29-40)43-32-44(48(38-20-9-3-10-21-38)39-22-11-4-12-23-39)42-31-27-35-15-13-14-34-26-30-41(43)46(42)45(34)35/h1-32H. The molecular weight excluding hydrogens is 581 g/mol. The molecule has 0 aliphatic rings. The third-order valence-electron chi connectivity index (χ3n) is 9.36. The zero-order valence-corrected chi connectivity index (χ0v) is 26.4. The first kappa shape index (κ1) is 27.9. The van der Waals surface area contributed by atoms with Crippen LogP contribution in [0, 0.1) is 0 Å². The van der Waals surface area contributed by atoms with Gasteiger partial charge in [-0.15, -0.1) is 0 Å². The minimum absolute atomic E-state index is 1.12. The Morgan fingerprint density at radius 2 is 0.729 bits per heavy atom. The quantitative estimate of drug-likeness (QED) is 0.165. The van der Waals surface area contributed by atoms with Crippen LogP contribution >= 0.6 is 0 Å². The molecule has 0 aromatic heterocycles. The number of nitrogens with zero attached hydrogens (tertiary/aromatic N) is 2. The molecular formula is C46H32N2. The molecule has 0 saturated carbocycles. The van der Waals surface area contributed by atoms with E-state index in [1.807, 2.05) is 0 Å². The molecule has 0 aliphatic carbocycles. The molecule has 0 saturated heterocycles. The van der Waals surface area contributed by atoms with Gasteiger partial charge in [-0.1, -0.05) is 127 Å². The minimum atomic E-state index is 1.12. The van der Waals surface area contributed by atoms with Crippen molar-refractivity contribution in [1.82, 2.24) is 0 Å². The van der Waals surface area contributed by atoms with E-state index in [9.17, 15) is 0 Å². The highest BCUT2D eigenvalue weighted by molar-refractivity contribution is 6.28. The van der Waals surface area contributed by atoms with E-state index in [1.54, 1.807) is 0 Å². The Hall–Kier alpha value is -6.38. The average molecular weight is 613 g/mol. The molecule has 9 aromatic carbocycles. The van der Waals surface area contributed by atoms with Gasteiger partial charge in [0.1, 0.15) is 0 Å². The molecule has 0 atom stereocenters. The number of rotatable bonds is 7. The summed E-state index contributed by atoms with van der Waals surface area (Å²) in [6.07, 6.45) is 0. The molecule has 48 heavy (non-hydrogen) atoms. The summed E-state index contributed by atoms with van der Waals surface area (Å²) in [4.78, 5) is 4.71. The Bertz CT molecular complexity index is 2380. The average Bonchev–Trinajstić information content (AvgIpc) is 3.16. The molecule has 0 heterocycles. The van der Waals surface area contributed by atoms with Crippen LogP contribution < -0.4 is 9.80 Å². The van der Waals surface area contributed by atoms with Gasteiger partial charge in [-0.25, -0.2) is 0 Å². The maximum absolute atomic E-state index is 2.40. The number of para-hydroxylation sites is 4. The first-order valence-corrected chi connectivity index (χ1v) is 16.4. The summed E-state index contributed by atoms with van der Waals surface area (Å²) in [5, 5.41) is 7.63. The molecule has 0 unspecified atom stereocenters. The number of hydrogen-bond acceptors (Lipinski definition) is 2. The zero-order valence-electron chi connectivity index (χ0n) is 26.4. The van der Waals surface area contributed by atoms with Gasteiger partial charge in [0.2, 0.25) is 0 Å². The fourth-order valence-corrected chi connectivity index (χ4v) is 7.21. The molecule has 0 aliphatic heterocycles. The molecule has 2 heteroatoms. The maximum Gasteiger partial charge on any atom is 0.0546 e. The lowest BCUT2D eigenvalue weighted by molar-refractivity contribution is 1.28. The van der Waals surface area contributed by atoms with Crippen LogP contribution in [0.2, 0.25) is 0 Å². The van der Waals surface area contributed by atoms with Crippen molar-refractivity contribution in [2.45, 2.75) is 0 Å². The van der Waals surface area contributed by atoms with Gasteiger partial charge in [-0.05, 0) is 99.4 Å². The summed E-state index contributed by atoms with van der Waals surface area (Å²) in [5.41, 5.74) is 9.18. The van der Waals surface area contributed by atoms with Crippen LogP contribution in [0.1, 0.15) is 0 Å². The first-order valence-electron chi connectivity index (χ1n) is 16.4. The van der Waals surface area contributed by atoms with Crippen molar-refractivity contribution < 1.29 is 0 Å². The van der Waals surface area contributed by atoms with E-state index in [0.717, 1.165) is 34.1 Å². The maximum atomic E-state index is 2.40. The molecule has 0 N–H and O–H groups in total. The Labute approximate surface area is 280 Å². The number of anilines is 6. The van der Waals surface area contributed by atoms with Crippen LogP contribution in [-0.4, -0.2) is 0 Å². The van der Waals surface area contributed by atoms with Gasteiger partial charge in [-0.2, -0.15) is 0 Å². The molecule has 9 rings (SSSR count). The Morgan fingerprint density at radius 1 is 0.292 bits per heavy atom. The van der Waals surface area contributed by atoms with Crippen LogP contribution in [0.5, 0.6) is 0 Å². The lowest BCUT2D eigenvalue weighted by atomic mass is 9.88. The van der Waals surface area contributed by atoms with E-state index in [2.05, 4.69) is 204 Å². The van der Waals surface area contributed by atoms with Crippen LogP contribution in [-0.2, 0) is 0 Å². The number of benzene rings is 9. The fourth-order valence-electron chi connectivity index (χ4n) is 7.21. The van der Waals surface area contributed by atoms with Crippen molar-refractivity contribution in [3.8, 4) is 11.1 Å². The van der Waals surface area contributed by atoms with Crippen LogP contribution in [0.4, 0.5) is 34.1 Å². The summed E-state index contributed by atoms with van der Waals surface area (Å²) in [6.45, 7) is 0. The number of hydrogen-bond donors (Lipinski definition) is 0. The fraction of sp³-hybridized carbons (Fsp3) is 0. The van der Waals surface area contributed by atoms with Gasteiger partial charge in [-0.3, -0.25) is 0 Å². The van der Waals surface area contributed by atoms with Crippen molar-refractivity contribution >= 4 is 66.4 Å². The van der Waals surface area contributed by atoms with Gasteiger partial charge in [0.15, 0.2) is 0 Å². The normalized spacial score (nSPS) is 11.3. The Balaban J connectivity index is 1.29. The first-order chi connectivity index (χ1) is 23.8. The van der Waals surface area contributed by atoms with Crippen LogP contribution in [0.3, 0.4) is 0 Å². The highest BCUT2D eigenvalue weighted by Gasteiger charge is 2.21. The molecule has 0 spiro atoms. The van der Waals surface area contributed by atoms with E-state index in [1.165, 1.54) is 43.4 Å². The van der Waals surface area contributed by atoms with E-state index >= 15 is 0 Å². The lowest BCUT2D eigenvalue weighted by Crippen LogP contribution is -2.11. The van der Waals surface area contributed by atoms with E-state index < -0.39 is 0 Å². The molecule has 2 nitrogen and oxygen atoms in total. The monoisotopic (exact) mass is 612 g/mol. The Morgan fingerprint density at radius 3 is 1.23 bits per heavy atom. The smallest absolute Gasteiger partial charge is 0.0546 e. The van der Waals surface area contributed by atoms with Gasteiger partial charge < -0.3 is 9.80 Å². The van der Waals surface area contributed by atoms with Crippen molar-refractivity contribution in [1.29, 1.82) is 0 Å². The SMILES string of the molecule is c1ccc(N(c2ccccc2)c2ccc(-c3cc(N(c4ccccc4)c4ccccc4)c4ccc5cccc6ccc3c4c65)cc2)cc1. The highest BCUT2D eigenvalue weighted by Crippen LogP contribution is 2.47. The Kier molecular flexibility index (Phi) is 6.84. The summed E-state index contributed by atoms with van der Waals surface area (Å²) >= 11 is 0.